The number of rotatable bonds is 4. The lowest BCUT2D eigenvalue weighted by Crippen LogP contribution is -2.31. The van der Waals surface area contributed by atoms with E-state index in [0.717, 1.165) is 29.2 Å². The van der Waals surface area contributed by atoms with Gasteiger partial charge in [-0.3, -0.25) is 9.69 Å². The molecule has 0 aliphatic heterocycles. The molecule has 0 bridgehead atoms. The van der Waals surface area contributed by atoms with E-state index in [4.69, 9.17) is 0 Å². The largest absolute Gasteiger partial charge is 0.288 e. The molecule has 0 saturated heterocycles. The molecule has 0 N–H and O–H groups in total. The molecular formula is C15H15FN2OS. The molecule has 1 aliphatic carbocycles. The number of aromatic nitrogens is 1. The lowest BCUT2D eigenvalue weighted by molar-refractivity contribution is -0.119. The lowest BCUT2D eigenvalue weighted by Gasteiger charge is -2.17. The van der Waals surface area contributed by atoms with Crippen LogP contribution in [0.1, 0.15) is 19.8 Å². The third kappa shape index (κ3) is 2.58. The predicted octanol–water partition coefficient (Wildman–Crippen LogP) is 3.71. The van der Waals surface area contributed by atoms with Crippen LogP contribution in [0.25, 0.3) is 11.3 Å². The number of nitrogens with zero attached hydrogens (tertiary/aromatic N) is 2. The van der Waals surface area contributed by atoms with Crippen molar-refractivity contribution in [2.24, 2.45) is 5.92 Å². The van der Waals surface area contributed by atoms with E-state index >= 15 is 0 Å². The number of thiazole rings is 1. The van der Waals surface area contributed by atoms with Crippen LogP contribution in [0.3, 0.4) is 0 Å². The summed E-state index contributed by atoms with van der Waals surface area (Å²) >= 11 is 1.46. The van der Waals surface area contributed by atoms with Crippen LogP contribution in [0.2, 0.25) is 0 Å². The molecule has 3 nitrogen and oxygen atoms in total. The van der Waals surface area contributed by atoms with Gasteiger partial charge in [-0.1, -0.05) is 0 Å². The van der Waals surface area contributed by atoms with Gasteiger partial charge in [0.05, 0.1) is 5.69 Å². The Bertz CT molecular complexity index is 619. The van der Waals surface area contributed by atoms with E-state index < -0.39 is 0 Å². The van der Waals surface area contributed by atoms with Gasteiger partial charge in [-0.05, 0) is 44.0 Å². The second-order valence-electron chi connectivity index (χ2n) is 4.88. The van der Waals surface area contributed by atoms with Crippen molar-refractivity contribution in [3.05, 3.63) is 35.5 Å². The first-order valence-electron chi connectivity index (χ1n) is 6.72. The molecule has 1 heterocycles. The first-order chi connectivity index (χ1) is 9.69. The summed E-state index contributed by atoms with van der Waals surface area (Å²) in [6.45, 7) is 2.59. The summed E-state index contributed by atoms with van der Waals surface area (Å²) in [5.74, 6) is 0.101. The number of hydrogen-bond donors (Lipinski definition) is 0. The molecule has 104 valence electrons. The first kappa shape index (κ1) is 13.2. The number of hydrogen-bond acceptors (Lipinski definition) is 3. The zero-order valence-electron chi connectivity index (χ0n) is 11.2. The molecule has 5 heteroatoms. The quantitative estimate of drug-likeness (QED) is 0.860. The second kappa shape index (κ2) is 5.32. The summed E-state index contributed by atoms with van der Waals surface area (Å²) in [7, 11) is 0. The molecule has 1 aliphatic rings. The number of anilines is 1. The Morgan fingerprint density at radius 3 is 2.70 bits per heavy atom. The topological polar surface area (TPSA) is 33.2 Å². The van der Waals surface area contributed by atoms with E-state index in [9.17, 15) is 9.18 Å². The Balaban J connectivity index is 1.84. The summed E-state index contributed by atoms with van der Waals surface area (Å²) in [6.07, 6.45) is 1.98. The molecule has 0 unspecified atom stereocenters. The third-order valence-electron chi connectivity index (χ3n) is 3.37. The average Bonchev–Trinajstić information content (AvgIpc) is 3.20. The van der Waals surface area contributed by atoms with Crippen LogP contribution in [-0.4, -0.2) is 17.4 Å². The van der Waals surface area contributed by atoms with Gasteiger partial charge in [-0.2, -0.15) is 0 Å². The number of amides is 1. The highest BCUT2D eigenvalue weighted by Crippen LogP contribution is 2.34. The standard InChI is InChI=1S/C15H15FN2OS/c1-2-18(14(19)11-3-4-11)15-17-13(9-20-15)10-5-7-12(16)8-6-10/h5-9,11H,2-4H2,1H3. The molecule has 1 amide bonds. The lowest BCUT2D eigenvalue weighted by atomic mass is 10.2. The van der Waals surface area contributed by atoms with Crippen LogP contribution in [0.5, 0.6) is 0 Å². The van der Waals surface area contributed by atoms with E-state index in [1.165, 1.54) is 23.5 Å². The van der Waals surface area contributed by atoms with E-state index in [0.29, 0.717) is 6.54 Å². The van der Waals surface area contributed by atoms with E-state index in [2.05, 4.69) is 4.98 Å². The molecule has 2 aromatic rings. The van der Waals surface area contributed by atoms with Gasteiger partial charge in [-0.25, -0.2) is 9.37 Å². The van der Waals surface area contributed by atoms with E-state index in [-0.39, 0.29) is 17.6 Å². The highest BCUT2D eigenvalue weighted by Gasteiger charge is 2.34. The Labute approximate surface area is 121 Å². The molecular weight excluding hydrogens is 275 g/mol. The maximum Gasteiger partial charge on any atom is 0.231 e. The number of benzene rings is 1. The van der Waals surface area contributed by atoms with Crippen LogP contribution >= 0.6 is 11.3 Å². The van der Waals surface area contributed by atoms with E-state index in [1.807, 2.05) is 12.3 Å². The number of halogens is 1. The highest BCUT2D eigenvalue weighted by molar-refractivity contribution is 7.14. The molecule has 1 aromatic heterocycles. The zero-order valence-corrected chi connectivity index (χ0v) is 12.0. The third-order valence-corrected chi connectivity index (χ3v) is 4.24. The minimum absolute atomic E-state index is 0.174. The minimum atomic E-state index is -0.261. The van der Waals surface area contributed by atoms with Crippen molar-refractivity contribution in [2.75, 3.05) is 11.4 Å². The molecule has 20 heavy (non-hydrogen) atoms. The second-order valence-corrected chi connectivity index (χ2v) is 5.72. The fourth-order valence-electron chi connectivity index (χ4n) is 2.08. The van der Waals surface area contributed by atoms with Crippen molar-refractivity contribution in [3.63, 3.8) is 0 Å². The van der Waals surface area contributed by atoms with Crippen molar-refractivity contribution in [1.29, 1.82) is 0 Å². The zero-order chi connectivity index (χ0) is 14.1. The number of carbonyl (C=O) groups is 1. The van der Waals surface area contributed by atoms with Crippen molar-refractivity contribution < 1.29 is 9.18 Å². The molecule has 1 aromatic carbocycles. The minimum Gasteiger partial charge on any atom is -0.288 e. The van der Waals surface area contributed by atoms with Gasteiger partial charge in [0.1, 0.15) is 5.82 Å². The van der Waals surface area contributed by atoms with Crippen LogP contribution in [-0.2, 0) is 4.79 Å². The van der Waals surface area contributed by atoms with Crippen LogP contribution < -0.4 is 4.90 Å². The van der Waals surface area contributed by atoms with Crippen molar-refractivity contribution in [1.82, 2.24) is 4.98 Å². The molecule has 0 radical (unpaired) electrons. The summed E-state index contributed by atoms with van der Waals surface area (Å²) in [5.41, 5.74) is 1.65. The van der Waals surface area contributed by atoms with Gasteiger partial charge < -0.3 is 0 Å². The first-order valence-corrected chi connectivity index (χ1v) is 7.60. The monoisotopic (exact) mass is 290 g/mol. The maximum atomic E-state index is 12.9. The summed E-state index contributed by atoms with van der Waals surface area (Å²) in [6, 6.07) is 6.24. The van der Waals surface area contributed by atoms with Gasteiger partial charge in [0.25, 0.3) is 0 Å². The predicted molar refractivity (Wildman–Crippen MR) is 78.3 cm³/mol. The van der Waals surface area contributed by atoms with Gasteiger partial charge in [0.2, 0.25) is 5.91 Å². The molecule has 1 saturated carbocycles. The Morgan fingerprint density at radius 1 is 1.40 bits per heavy atom. The fourth-order valence-corrected chi connectivity index (χ4v) is 2.98. The molecule has 1 fully saturated rings. The van der Waals surface area contributed by atoms with Crippen LogP contribution in [0.15, 0.2) is 29.6 Å². The van der Waals surface area contributed by atoms with E-state index in [1.54, 1.807) is 17.0 Å². The summed E-state index contributed by atoms with van der Waals surface area (Å²) in [4.78, 5) is 18.4. The summed E-state index contributed by atoms with van der Waals surface area (Å²) < 4.78 is 12.9. The normalized spacial score (nSPS) is 14.3. The van der Waals surface area contributed by atoms with Crippen molar-refractivity contribution in [2.45, 2.75) is 19.8 Å². The number of carbonyl (C=O) groups excluding carboxylic acids is 1. The van der Waals surface area contributed by atoms with Gasteiger partial charge in [0.15, 0.2) is 5.13 Å². The average molecular weight is 290 g/mol. The summed E-state index contributed by atoms with van der Waals surface area (Å²) in [5, 5.41) is 2.63. The van der Waals surface area contributed by atoms with Gasteiger partial charge >= 0.3 is 0 Å². The van der Waals surface area contributed by atoms with Gasteiger partial charge in [-0.15, -0.1) is 11.3 Å². The van der Waals surface area contributed by atoms with Crippen molar-refractivity contribution in [3.8, 4) is 11.3 Å². The molecule has 0 atom stereocenters. The Kier molecular flexibility index (Phi) is 3.53. The van der Waals surface area contributed by atoms with Gasteiger partial charge in [0, 0.05) is 23.4 Å². The Morgan fingerprint density at radius 2 is 2.10 bits per heavy atom. The molecule has 3 rings (SSSR count). The molecule has 0 spiro atoms. The SMILES string of the molecule is CCN(C(=O)C1CC1)c1nc(-c2ccc(F)cc2)cs1. The van der Waals surface area contributed by atoms with Crippen molar-refractivity contribution >= 4 is 22.4 Å². The van der Waals surface area contributed by atoms with Crippen LogP contribution in [0.4, 0.5) is 9.52 Å². The fraction of sp³-hybridized carbons (Fsp3) is 0.333. The highest BCUT2D eigenvalue weighted by atomic mass is 32.1. The van der Waals surface area contributed by atoms with Crippen LogP contribution in [0, 0.1) is 11.7 Å². The Hall–Kier alpha value is -1.75. The maximum absolute atomic E-state index is 12.9. The smallest absolute Gasteiger partial charge is 0.231 e.